The van der Waals surface area contributed by atoms with E-state index in [1.807, 2.05) is 18.2 Å². The number of ether oxygens (including phenoxy) is 1. The lowest BCUT2D eigenvalue weighted by Gasteiger charge is -2.13. The quantitative estimate of drug-likeness (QED) is 0.764. The summed E-state index contributed by atoms with van der Waals surface area (Å²) < 4.78 is 6.60. The van der Waals surface area contributed by atoms with Crippen LogP contribution in [-0.4, -0.2) is 22.7 Å². The first kappa shape index (κ1) is 16.6. The molecule has 0 aliphatic heterocycles. The van der Waals surface area contributed by atoms with Crippen molar-refractivity contribution in [3.05, 3.63) is 70.0 Å². The van der Waals surface area contributed by atoms with Gasteiger partial charge < -0.3 is 19.7 Å². The number of aryl methyl sites for hydroxylation is 1. The van der Waals surface area contributed by atoms with Gasteiger partial charge in [0.25, 0.3) is 11.5 Å². The Kier molecular flexibility index (Phi) is 4.43. The van der Waals surface area contributed by atoms with Crippen molar-refractivity contribution in [2.45, 2.75) is 6.54 Å². The van der Waals surface area contributed by atoms with Crippen LogP contribution in [0.3, 0.4) is 0 Å². The van der Waals surface area contributed by atoms with E-state index in [0.29, 0.717) is 16.7 Å². The molecule has 2 aromatic carbocycles. The van der Waals surface area contributed by atoms with Crippen molar-refractivity contribution in [2.24, 2.45) is 7.05 Å². The van der Waals surface area contributed by atoms with Gasteiger partial charge in [0.05, 0.1) is 12.6 Å². The number of aromatic hydroxyl groups is 1. The van der Waals surface area contributed by atoms with Gasteiger partial charge in [-0.25, -0.2) is 0 Å². The molecular formula is C19H18N2O4. The molecule has 0 aliphatic rings. The first-order valence-corrected chi connectivity index (χ1v) is 7.75. The second-order valence-electron chi connectivity index (χ2n) is 5.60. The topological polar surface area (TPSA) is 80.6 Å². The molecule has 3 rings (SSSR count). The molecule has 0 saturated heterocycles. The normalized spacial score (nSPS) is 10.6. The van der Waals surface area contributed by atoms with Crippen LogP contribution < -0.4 is 15.6 Å². The number of benzene rings is 2. The van der Waals surface area contributed by atoms with Gasteiger partial charge in [-0.1, -0.05) is 30.3 Å². The molecule has 1 aromatic heterocycles. The summed E-state index contributed by atoms with van der Waals surface area (Å²) in [6, 6.07) is 14.1. The summed E-state index contributed by atoms with van der Waals surface area (Å²) in [7, 11) is 3.12. The number of carbonyl (C=O) groups is 1. The Hall–Kier alpha value is -3.28. The number of para-hydroxylation sites is 2. The predicted molar refractivity (Wildman–Crippen MR) is 95.0 cm³/mol. The van der Waals surface area contributed by atoms with Crippen LogP contribution in [0.2, 0.25) is 0 Å². The number of fused-ring (bicyclic) bond motifs is 1. The zero-order valence-electron chi connectivity index (χ0n) is 13.9. The molecule has 0 spiro atoms. The number of nitrogens with one attached hydrogen (secondary N) is 1. The molecule has 0 saturated carbocycles. The first-order chi connectivity index (χ1) is 12.0. The summed E-state index contributed by atoms with van der Waals surface area (Å²) in [5.74, 6) is -0.301. The second-order valence-corrected chi connectivity index (χ2v) is 5.60. The Labute approximate surface area is 144 Å². The largest absolute Gasteiger partial charge is 0.506 e. The minimum Gasteiger partial charge on any atom is -0.506 e. The highest BCUT2D eigenvalue weighted by Gasteiger charge is 2.21. The van der Waals surface area contributed by atoms with E-state index in [4.69, 9.17) is 4.74 Å². The number of hydrogen-bond acceptors (Lipinski definition) is 4. The summed E-state index contributed by atoms with van der Waals surface area (Å²) in [6.45, 7) is 0.179. The van der Waals surface area contributed by atoms with Gasteiger partial charge >= 0.3 is 0 Å². The van der Waals surface area contributed by atoms with E-state index in [9.17, 15) is 14.7 Å². The lowest BCUT2D eigenvalue weighted by molar-refractivity contribution is 0.0946. The molecular weight excluding hydrogens is 320 g/mol. The van der Waals surface area contributed by atoms with Gasteiger partial charge in [-0.3, -0.25) is 9.59 Å². The van der Waals surface area contributed by atoms with E-state index in [1.54, 1.807) is 44.5 Å². The molecule has 0 radical (unpaired) electrons. The minimum atomic E-state index is -0.630. The van der Waals surface area contributed by atoms with E-state index in [-0.39, 0.29) is 17.9 Å². The zero-order valence-corrected chi connectivity index (χ0v) is 13.9. The number of rotatable bonds is 4. The van der Waals surface area contributed by atoms with E-state index in [2.05, 4.69) is 5.32 Å². The van der Waals surface area contributed by atoms with E-state index in [0.717, 1.165) is 5.56 Å². The third-order valence-electron chi connectivity index (χ3n) is 4.13. The molecule has 0 atom stereocenters. The Morgan fingerprint density at radius 3 is 2.60 bits per heavy atom. The maximum absolute atomic E-state index is 12.5. The molecule has 1 heterocycles. The van der Waals surface area contributed by atoms with E-state index >= 15 is 0 Å². The summed E-state index contributed by atoms with van der Waals surface area (Å²) in [6.07, 6.45) is 0. The standard InChI is InChI=1S/C19H18N2O4/c1-21-14-9-5-4-8-13(14)17(22)16(19(21)24)18(23)20-11-12-7-3-6-10-15(12)25-2/h3-10,22H,11H2,1-2H3,(H,20,23). The number of amides is 1. The summed E-state index contributed by atoms with van der Waals surface area (Å²) in [5.41, 5.74) is 0.520. The number of aromatic nitrogens is 1. The summed E-state index contributed by atoms with van der Waals surface area (Å²) in [5, 5.41) is 13.5. The van der Waals surface area contributed by atoms with Crippen molar-refractivity contribution in [3.63, 3.8) is 0 Å². The van der Waals surface area contributed by atoms with Crippen LogP contribution in [-0.2, 0) is 13.6 Å². The minimum absolute atomic E-state index is 0.179. The maximum Gasteiger partial charge on any atom is 0.267 e. The number of nitrogens with zero attached hydrogens (tertiary/aromatic N) is 1. The van der Waals surface area contributed by atoms with Crippen molar-refractivity contribution >= 4 is 16.8 Å². The van der Waals surface area contributed by atoms with Crippen LogP contribution in [0.5, 0.6) is 11.5 Å². The molecule has 6 nitrogen and oxygen atoms in total. The van der Waals surface area contributed by atoms with Gasteiger partial charge in [-0.2, -0.15) is 0 Å². The van der Waals surface area contributed by atoms with Crippen LogP contribution in [0.25, 0.3) is 10.9 Å². The van der Waals surface area contributed by atoms with Crippen molar-refractivity contribution in [2.75, 3.05) is 7.11 Å². The first-order valence-electron chi connectivity index (χ1n) is 7.75. The molecule has 0 unspecified atom stereocenters. The maximum atomic E-state index is 12.5. The van der Waals surface area contributed by atoms with Gasteiger partial charge in [-0.15, -0.1) is 0 Å². The van der Waals surface area contributed by atoms with Crippen molar-refractivity contribution in [1.29, 1.82) is 0 Å². The van der Waals surface area contributed by atoms with Crippen LogP contribution in [0.15, 0.2) is 53.3 Å². The van der Waals surface area contributed by atoms with Gasteiger partial charge in [-0.05, 0) is 18.2 Å². The average Bonchev–Trinajstić information content (AvgIpc) is 2.65. The van der Waals surface area contributed by atoms with Crippen LogP contribution in [0.4, 0.5) is 0 Å². The van der Waals surface area contributed by atoms with Gasteiger partial charge in [0, 0.05) is 24.5 Å². The number of methoxy groups -OCH3 is 1. The number of pyridine rings is 1. The zero-order chi connectivity index (χ0) is 18.0. The van der Waals surface area contributed by atoms with Crippen molar-refractivity contribution < 1.29 is 14.6 Å². The monoisotopic (exact) mass is 338 g/mol. The highest BCUT2D eigenvalue weighted by molar-refractivity contribution is 6.02. The fourth-order valence-corrected chi connectivity index (χ4v) is 2.80. The second kappa shape index (κ2) is 6.68. The van der Waals surface area contributed by atoms with Gasteiger partial charge in [0.1, 0.15) is 17.1 Å². The van der Waals surface area contributed by atoms with Crippen LogP contribution in [0.1, 0.15) is 15.9 Å². The van der Waals surface area contributed by atoms with E-state index in [1.165, 1.54) is 4.57 Å². The molecule has 0 bridgehead atoms. The SMILES string of the molecule is COc1ccccc1CNC(=O)c1c(O)c2ccccc2n(C)c1=O. The van der Waals surface area contributed by atoms with Gasteiger partial charge in [0.15, 0.2) is 0 Å². The molecule has 6 heteroatoms. The Balaban J connectivity index is 1.96. The van der Waals surface area contributed by atoms with Gasteiger partial charge in [0.2, 0.25) is 0 Å². The predicted octanol–water partition coefficient (Wildman–Crippen LogP) is 2.18. The fourth-order valence-electron chi connectivity index (χ4n) is 2.80. The molecule has 0 fully saturated rings. The highest BCUT2D eigenvalue weighted by Crippen LogP contribution is 2.25. The fraction of sp³-hybridized carbons (Fsp3) is 0.158. The Morgan fingerprint density at radius 1 is 1.16 bits per heavy atom. The Morgan fingerprint density at radius 2 is 1.84 bits per heavy atom. The average molecular weight is 338 g/mol. The Bertz CT molecular complexity index is 1010. The lowest BCUT2D eigenvalue weighted by Crippen LogP contribution is -2.32. The lowest BCUT2D eigenvalue weighted by atomic mass is 10.1. The highest BCUT2D eigenvalue weighted by atomic mass is 16.5. The molecule has 0 aliphatic carbocycles. The third kappa shape index (κ3) is 2.94. The van der Waals surface area contributed by atoms with Crippen LogP contribution in [0, 0.1) is 0 Å². The summed E-state index contributed by atoms with van der Waals surface area (Å²) in [4.78, 5) is 25.0. The van der Waals surface area contributed by atoms with E-state index < -0.39 is 11.5 Å². The smallest absolute Gasteiger partial charge is 0.267 e. The third-order valence-corrected chi connectivity index (χ3v) is 4.13. The number of carbonyl (C=O) groups excluding carboxylic acids is 1. The van der Waals surface area contributed by atoms with Crippen molar-refractivity contribution in [1.82, 2.24) is 9.88 Å². The van der Waals surface area contributed by atoms with Crippen LogP contribution >= 0.6 is 0 Å². The molecule has 25 heavy (non-hydrogen) atoms. The molecule has 3 aromatic rings. The number of hydrogen-bond donors (Lipinski definition) is 2. The molecule has 1 amide bonds. The summed E-state index contributed by atoms with van der Waals surface area (Å²) >= 11 is 0. The molecule has 128 valence electrons. The molecule has 2 N–H and O–H groups in total. The van der Waals surface area contributed by atoms with Crippen molar-refractivity contribution in [3.8, 4) is 11.5 Å².